The molecule has 0 aliphatic rings. The normalized spacial score (nSPS) is 10.9. The maximum atomic E-state index is 10.8. The summed E-state index contributed by atoms with van der Waals surface area (Å²) in [5.41, 5.74) is 0. The van der Waals surface area contributed by atoms with Crippen molar-refractivity contribution in [2.45, 2.75) is 6.42 Å². The van der Waals surface area contributed by atoms with Gasteiger partial charge in [0, 0.05) is 18.8 Å². The Morgan fingerprint density at radius 1 is 1.55 bits per heavy atom. The molecule has 0 aromatic rings. The van der Waals surface area contributed by atoms with Crippen LogP contribution < -0.4 is 4.72 Å². The zero-order chi connectivity index (χ0) is 8.74. The molecule has 0 aliphatic heterocycles. The summed E-state index contributed by atoms with van der Waals surface area (Å²) in [6.07, 6.45) is 5.33. The Balaban J connectivity index is 3.67. The van der Waals surface area contributed by atoms with Crippen molar-refractivity contribution in [3.63, 3.8) is 0 Å². The molecule has 0 saturated carbocycles. The molecule has 0 spiro atoms. The zero-order valence-corrected chi connectivity index (χ0v) is 7.58. The fraction of sp³-hybridized carbons (Fsp3) is 0.667. The monoisotopic (exact) mass is 195 g/mol. The molecule has 5 heteroatoms. The highest BCUT2D eigenvalue weighted by Gasteiger charge is 2.06. The van der Waals surface area contributed by atoms with Gasteiger partial charge in [-0.25, -0.2) is 13.1 Å². The lowest BCUT2D eigenvalue weighted by atomic mass is 10.5. The van der Waals surface area contributed by atoms with E-state index < -0.39 is 10.0 Å². The molecular weight excluding hydrogens is 186 g/mol. The van der Waals surface area contributed by atoms with Gasteiger partial charge in [-0.2, -0.15) is 0 Å². The van der Waals surface area contributed by atoms with Crippen LogP contribution in [0.15, 0.2) is 0 Å². The molecule has 0 fully saturated rings. The number of nitrogens with one attached hydrogen (secondary N) is 1. The predicted octanol–water partition coefficient (Wildman–Crippen LogP) is 0.168. The van der Waals surface area contributed by atoms with E-state index in [0.717, 1.165) is 0 Å². The highest BCUT2D eigenvalue weighted by atomic mass is 35.5. The van der Waals surface area contributed by atoms with Crippen LogP contribution in [0, 0.1) is 12.3 Å². The van der Waals surface area contributed by atoms with E-state index in [9.17, 15) is 8.42 Å². The Labute approximate surface area is 72.2 Å². The lowest BCUT2D eigenvalue weighted by Gasteiger charge is -2.00. The van der Waals surface area contributed by atoms with E-state index in [-0.39, 0.29) is 18.2 Å². The average Bonchev–Trinajstić information content (AvgIpc) is 1.87. The number of hydrogen-bond acceptors (Lipinski definition) is 2. The van der Waals surface area contributed by atoms with Crippen LogP contribution in [0.2, 0.25) is 0 Å². The number of terminal acetylenes is 1. The van der Waals surface area contributed by atoms with E-state index in [2.05, 4.69) is 10.6 Å². The zero-order valence-electron chi connectivity index (χ0n) is 6.01. The first-order valence-corrected chi connectivity index (χ1v) is 5.28. The van der Waals surface area contributed by atoms with Crippen LogP contribution >= 0.6 is 11.6 Å². The third kappa shape index (κ3) is 6.17. The Morgan fingerprint density at radius 3 is 2.64 bits per heavy atom. The average molecular weight is 196 g/mol. The van der Waals surface area contributed by atoms with E-state index in [1.54, 1.807) is 0 Å². The SMILES string of the molecule is C#CCCNS(=O)(=O)CCCl. The Bertz CT molecular complexity index is 229. The molecule has 0 rings (SSSR count). The molecular formula is C6H10ClNO2S. The number of halogens is 1. The summed E-state index contributed by atoms with van der Waals surface area (Å²) in [7, 11) is -3.18. The van der Waals surface area contributed by atoms with Gasteiger partial charge in [0.25, 0.3) is 0 Å². The lowest BCUT2D eigenvalue weighted by molar-refractivity contribution is 0.584. The third-order valence-electron chi connectivity index (χ3n) is 0.937. The maximum Gasteiger partial charge on any atom is 0.212 e. The molecule has 1 N–H and O–H groups in total. The van der Waals surface area contributed by atoms with E-state index in [0.29, 0.717) is 6.42 Å². The van der Waals surface area contributed by atoms with Crippen molar-refractivity contribution in [3.8, 4) is 12.3 Å². The minimum absolute atomic E-state index is 0.0564. The highest BCUT2D eigenvalue weighted by molar-refractivity contribution is 7.89. The number of sulfonamides is 1. The summed E-state index contributed by atoms with van der Waals surface area (Å²) in [6, 6.07) is 0. The third-order valence-corrected chi connectivity index (χ3v) is 2.74. The minimum atomic E-state index is -3.18. The fourth-order valence-corrected chi connectivity index (χ4v) is 1.82. The van der Waals surface area contributed by atoms with Crippen molar-refractivity contribution in [3.05, 3.63) is 0 Å². The van der Waals surface area contributed by atoms with Gasteiger partial charge in [0.2, 0.25) is 10.0 Å². The van der Waals surface area contributed by atoms with Crippen molar-refractivity contribution in [2.24, 2.45) is 0 Å². The molecule has 3 nitrogen and oxygen atoms in total. The summed E-state index contributed by atoms with van der Waals surface area (Å²) >= 11 is 5.24. The van der Waals surface area contributed by atoms with Gasteiger partial charge in [-0.05, 0) is 0 Å². The molecule has 0 aromatic heterocycles. The van der Waals surface area contributed by atoms with Gasteiger partial charge >= 0.3 is 0 Å². The van der Waals surface area contributed by atoms with E-state index in [4.69, 9.17) is 18.0 Å². The van der Waals surface area contributed by atoms with Crippen LogP contribution in [-0.4, -0.2) is 26.6 Å². The topological polar surface area (TPSA) is 46.2 Å². The van der Waals surface area contributed by atoms with Gasteiger partial charge in [-0.15, -0.1) is 23.9 Å². The maximum absolute atomic E-state index is 10.8. The van der Waals surface area contributed by atoms with Gasteiger partial charge < -0.3 is 0 Å². The summed E-state index contributed by atoms with van der Waals surface area (Å²) in [4.78, 5) is 0. The molecule has 0 aliphatic carbocycles. The summed E-state index contributed by atoms with van der Waals surface area (Å²) in [5.74, 6) is 2.37. The van der Waals surface area contributed by atoms with Gasteiger partial charge in [0.15, 0.2) is 0 Å². The van der Waals surface area contributed by atoms with Crippen LogP contribution in [0.3, 0.4) is 0 Å². The van der Waals surface area contributed by atoms with Crippen molar-refractivity contribution >= 4 is 21.6 Å². The summed E-state index contributed by atoms with van der Waals surface area (Å²) < 4.78 is 24.0. The Morgan fingerprint density at radius 2 is 2.18 bits per heavy atom. The largest absolute Gasteiger partial charge is 0.214 e. The minimum Gasteiger partial charge on any atom is -0.214 e. The molecule has 0 aromatic carbocycles. The molecule has 0 radical (unpaired) electrons. The second-order valence-corrected chi connectivity index (χ2v) is 4.16. The van der Waals surface area contributed by atoms with E-state index in [1.165, 1.54) is 0 Å². The molecule has 0 bridgehead atoms. The van der Waals surface area contributed by atoms with Crippen LogP contribution in [0.1, 0.15) is 6.42 Å². The standard InChI is InChI=1S/C6H10ClNO2S/c1-2-3-5-8-11(9,10)6-4-7/h1,8H,3-6H2. The second kappa shape index (κ2) is 5.42. The van der Waals surface area contributed by atoms with E-state index >= 15 is 0 Å². The molecule has 0 amide bonds. The van der Waals surface area contributed by atoms with Crippen LogP contribution in [0.25, 0.3) is 0 Å². The van der Waals surface area contributed by atoms with Crippen molar-refractivity contribution in [1.82, 2.24) is 4.72 Å². The van der Waals surface area contributed by atoms with Crippen LogP contribution in [0.4, 0.5) is 0 Å². The quantitative estimate of drug-likeness (QED) is 0.386. The van der Waals surface area contributed by atoms with Crippen molar-refractivity contribution in [2.75, 3.05) is 18.2 Å². The van der Waals surface area contributed by atoms with Gasteiger partial charge in [0.05, 0.1) is 5.75 Å². The summed E-state index contributed by atoms with van der Waals surface area (Å²) in [6.45, 7) is 0.287. The smallest absolute Gasteiger partial charge is 0.212 e. The molecule has 11 heavy (non-hydrogen) atoms. The van der Waals surface area contributed by atoms with Gasteiger partial charge in [-0.1, -0.05) is 0 Å². The van der Waals surface area contributed by atoms with Crippen molar-refractivity contribution in [1.29, 1.82) is 0 Å². The molecule has 0 unspecified atom stereocenters. The van der Waals surface area contributed by atoms with Crippen LogP contribution in [-0.2, 0) is 10.0 Å². The van der Waals surface area contributed by atoms with Crippen LogP contribution in [0.5, 0.6) is 0 Å². The summed E-state index contributed by atoms with van der Waals surface area (Å²) in [5, 5.41) is 0. The Hall–Kier alpha value is -0.240. The molecule has 0 saturated heterocycles. The number of hydrogen-bond donors (Lipinski definition) is 1. The Kier molecular flexibility index (Phi) is 5.30. The van der Waals surface area contributed by atoms with Crippen molar-refractivity contribution < 1.29 is 8.42 Å². The number of rotatable bonds is 5. The fourth-order valence-electron chi connectivity index (χ4n) is 0.452. The molecule has 0 heterocycles. The predicted molar refractivity (Wildman–Crippen MR) is 46.0 cm³/mol. The first-order chi connectivity index (χ1) is 5.12. The molecule has 64 valence electrons. The highest BCUT2D eigenvalue weighted by Crippen LogP contribution is 1.86. The first-order valence-electron chi connectivity index (χ1n) is 3.09. The second-order valence-electron chi connectivity index (χ2n) is 1.86. The molecule has 0 atom stereocenters. The first kappa shape index (κ1) is 10.8. The lowest BCUT2D eigenvalue weighted by Crippen LogP contribution is -2.27. The van der Waals surface area contributed by atoms with E-state index in [1.807, 2.05) is 0 Å². The van der Waals surface area contributed by atoms with Gasteiger partial charge in [-0.3, -0.25) is 0 Å². The number of alkyl halides is 1. The van der Waals surface area contributed by atoms with Gasteiger partial charge in [0.1, 0.15) is 0 Å².